The van der Waals surface area contributed by atoms with E-state index in [0.717, 1.165) is 0 Å². The van der Waals surface area contributed by atoms with Crippen LogP contribution in [0.3, 0.4) is 0 Å². The van der Waals surface area contributed by atoms with Crippen LogP contribution in [0.5, 0.6) is 5.75 Å². The monoisotopic (exact) mass is 269 g/mol. The predicted molar refractivity (Wildman–Crippen MR) is 66.6 cm³/mol. The number of benzene rings is 2. The van der Waals surface area contributed by atoms with E-state index < -0.39 is 11.6 Å². The zero-order valence-corrected chi connectivity index (χ0v) is 10.0. The van der Waals surface area contributed by atoms with Gasteiger partial charge in [-0.3, -0.25) is 0 Å². The Balaban J connectivity index is 2.13. The first-order chi connectivity index (χ1) is 8.56. The van der Waals surface area contributed by atoms with Gasteiger partial charge in [-0.25, -0.2) is 8.78 Å². The van der Waals surface area contributed by atoms with E-state index >= 15 is 0 Å². The molecule has 2 N–H and O–H groups in total. The fraction of sp³-hybridized carbons (Fsp3) is 0.0769. The summed E-state index contributed by atoms with van der Waals surface area (Å²) in [6, 6.07) is 7.82. The maximum atomic E-state index is 13.0. The summed E-state index contributed by atoms with van der Waals surface area (Å²) in [5, 5.41) is 0.255. The Morgan fingerprint density at radius 1 is 1.06 bits per heavy atom. The fourth-order valence-corrected chi connectivity index (χ4v) is 1.65. The van der Waals surface area contributed by atoms with Gasteiger partial charge in [-0.05, 0) is 24.3 Å². The highest BCUT2D eigenvalue weighted by Crippen LogP contribution is 2.25. The molecule has 2 rings (SSSR count). The smallest absolute Gasteiger partial charge is 0.145 e. The van der Waals surface area contributed by atoms with Crippen LogP contribution in [0.15, 0.2) is 36.4 Å². The molecule has 0 aliphatic heterocycles. The third-order valence-corrected chi connectivity index (χ3v) is 2.73. The van der Waals surface area contributed by atoms with Crippen molar-refractivity contribution in [3.8, 4) is 5.75 Å². The summed E-state index contributed by atoms with van der Waals surface area (Å²) < 4.78 is 31.2. The number of halogens is 3. The Hall–Kier alpha value is -1.81. The zero-order valence-electron chi connectivity index (χ0n) is 9.29. The molecule has 0 bridgehead atoms. The van der Waals surface area contributed by atoms with E-state index in [1.165, 1.54) is 36.4 Å². The van der Waals surface area contributed by atoms with E-state index in [9.17, 15) is 8.78 Å². The van der Waals surface area contributed by atoms with Crippen LogP contribution in [-0.4, -0.2) is 0 Å². The van der Waals surface area contributed by atoms with Crippen molar-refractivity contribution < 1.29 is 13.5 Å². The highest BCUT2D eigenvalue weighted by atomic mass is 35.5. The Labute approximate surface area is 108 Å². The van der Waals surface area contributed by atoms with Gasteiger partial charge in [0.05, 0.1) is 10.7 Å². The van der Waals surface area contributed by atoms with Crippen molar-refractivity contribution in [1.29, 1.82) is 0 Å². The van der Waals surface area contributed by atoms with Gasteiger partial charge >= 0.3 is 0 Å². The summed E-state index contributed by atoms with van der Waals surface area (Å²) in [5.41, 5.74) is 6.56. The van der Waals surface area contributed by atoms with Gasteiger partial charge in [-0.2, -0.15) is 0 Å². The molecule has 0 saturated carbocycles. The summed E-state index contributed by atoms with van der Waals surface area (Å²) >= 11 is 5.84. The van der Waals surface area contributed by atoms with Crippen molar-refractivity contribution in [2.45, 2.75) is 6.61 Å². The van der Waals surface area contributed by atoms with Crippen molar-refractivity contribution >= 4 is 17.3 Å². The van der Waals surface area contributed by atoms with E-state index in [4.69, 9.17) is 22.1 Å². The number of rotatable bonds is 3. The first-order valence-corrected chi connectivity index (χ1v) is 5.56. The van der Waals surface area contributed by atoms with Crippen molar-refractivity contribution in [3.63, 3.8) is 0 Å². The minimum atomic E-state index is -0.440. The Morgan fingerprint density at radius 2 is 1.72 bits per heavy atom. The molecule has 0 saturated heterocycles. The lowest BCUT2D eigenvalue weighted by Gasteiger charge is -2.10. The number of nitrogens with two attached hydrogens (primary N) is 1. The van der Waals surface area contributed by atoms with Gasteiger partial charge in [0.15, 0.2) is 0 Å². The third kappa shape index (κ3) is 2.90. The van der Waals surface area contributed by atoms with Crippen molar-refractivity contribution in [2.24, 2.45) is 0 Å². The summed E-state index contributed by atoms with van der Waals surface area (Å²) in [6.07, 6.45) is 0. The molecule has 5 heteroatoms. The molecular formula is C13H10ClF2NO. The standard InChI is InChI=1S/C13H10ClF2NO/c14-11-5-9(15)2-1-8(11)7-18-13-6-10(16)3-4-12(13)17/h1-6H,7,17H2. The molecule has 94 valence electrons. The molecule has 0 amide bonds. The normalized spacial score (nSPS) is 10.4. The van der Waals surface area contributed by atoms with Crippen LogP contribution < -0.4 is 10.5 Å². The summed E-state index contributed by atoms with van der Waals surface area (Å²) in [7, 11) is 0. The van der Waals surface area contributed by atoms with Gasteiger partial charge in [0, 0.05) is 11.6 Å². The van der Waals surface area contributed by atoms with Gasteiger partial charge in [-0.15, -0.1) is 0 Å². The lowest BCUT2D eigenvalue weighted by Crippen LogP contribution is -2.00. The van der Waals surface area contributed by atoms with E-state index in [0.29, 0.717) is 11.3 Å². The Bertz CT molecular complexity index is 575. The first-order valence-electron chi connectivity index (χ1n) is 5.18. The fourth-order valence-electron chi connectivity index (χ4n) is 1.43. The molecule has 0 aliphatic rings. The number of ether oxygens (including phenoxy) is 1. The second-order valence-corrected chi connectivity index (χ2v) is 4.11. The highest BCUT2D eigenvalue weighted by Gasteiger charge is 2.06. The summed E-state index contributed by atoms with van der Waals surface area (Å²) in [5.74, 6) is -0.631. The van der Waals surface area contributed by atoms with Crippen molar-refractivity contribution in [1.82, 2.24) is 0 Å². The maximum Gasteiger partial charge on any atom is 0.145 e. The topological polar surface area (TPSA) is 35.2 Å². The number of hydrogen-bond donors (Lipinski definition) is 1. The highest BCUT2D eigenvalue weighted by molar-refractivity contribution is 6.31. The van der Waals surface area contributed by atoms with E-state index in [1.807, 2.05) is 0 Å². The lowest BCUT2D eigenvalue weighted by atomic mass is 10.2. The van der Waals surface area contributed by atoms with Gasteiger partial charge in [0.2, 0.25) is 0 Å². The Kier molecular flexibility index (Phi) is 3.67. The molecule has 0 radical (unpaired) electrons. The van der Waals surface area contributed by atoms with Crippen LogP contribution >= 0.6 is 11.6 Å². The van der Waals surface area contributed by atoms with Crippen LogP contribution in [0.4, 0.5) is 14.5 Å². The van der Waals surface area contributed by atoms with Crippen LogP contribution in [0.25, 0.3) is 0 Å². The molecule has 0 spiro atoms. The molecule has 2 nitrogen and oxygen atoms in total. The molecule has 0 aromatic heterocycles. The Morgan fingerprint density at radius 3 is 2.44 bits per heavy atom. The minimum absolute atomic E-state index is 0.0900. The molecule has 2 aromatic rings. The number of nitrogen functional groups attached to an aromatic ring is 1. The van der Waals surface area contributed by atoms with Gasteiger partial charge in [0.1, 0.15) is 24.0 Å². The van der Waals surface area contributed by atoms with E-state index in [2.05, 4.69) is 0 Å². The predicted octanol–water partition coefficient (Wildman–Crippen LogP) is 3.78. The second kappa shape index (κ2) is 5.23. The average Bonchev–Trinajstić information content (AvgIpc) is 2.32. The molecule has 0 atom stereocenters. The third-order valence-electron chi connectivity index (χ3n) is 2.37. The number of hydrogen-bond acceptors (Lipinski definition) is 2. The molecule has 2 aromatic carbocycles. The van der Waals surface area contributed by atoms with Crippen LogP contribution in [0.1, 0.15) is 5.56 Å². The van der Waals surface area contributed by atoms with Gasteiger partial charge in [0.25, 0.3) is 0 Å². The van der Waals surface area contributed by atoms with Crippen molar-refractivity contribution in [3.05, 3.63) is 58.6 Å². The molecular weight excluding hydrogens is 260 g/mol. The van der Waals surface area contributed by atoms with Gasteiger partial charge in [-0.1, -0.05) is 17.7 Å². The maximum absolute atomic E-state index is 13.0. The molecule has 18 heavy (non-hydrogen) atoms. The van der Waals surface area contributed by atoms with E-state index in [-0.39, 0.29) is 17.4 Å². The number of anilines is 1. The van der Waals surface area contributed by atoms with Crippen LogP contribution in [0, 0.1) is 11.6 Å². The molecule has 0 heterocycles. The minimum Gasteiger partial charge on any atom is -0.487 e. The van der Waals surface area contributed by atoms with Crippen molar-refractivity contribution in [2.75, 3.05) is 5.73 Å². The average molecular weight is 270 g/mol. The van der Waals surface area contributed by atoms with Gasteiger partial charge < -0.3 is 10.5 Å². The zero-order chi connectivity index (χ0) is 13.1. The first kappa shape index (κ1) is 12.6. The largest absolute Gasteiger partial charge is 0.487 e. The lowest BCUT2D eigenvalue weighted by molar-refractivity contribution is 0.306. The molecule has 0 unspecified atom stereocenters. The summed E-state index contributed by atoms with van der Waals surface area (Å²) in [6.45, 7) is 0.0900. The molecule has 0 aliphatic carbocycles. The summed E-state index contributed by atoms with van der Waals surface area (Å²) in [4.78, 5) is 0. The molecule has 0 fully saturated rings. The van der Waals surface area contributed by atoms with Crippen LogP contribution in [-0.2, 0) is 6.61 Å². The van der Waals surface area contributed by atoms with E-state index in [1.54, 1.807) is 0 Å². The quantitative estimate of drug-likeness (QED) is 0.861. The SMILES string of the molecule is Nc1ccc(F)cc1OCc1ccc(F)cc1Cl. The van der Waals surface area contributed by atoms with Crippen LogP contribution in [0.2, 0.25) is 5.02 Å². The second-order valence-electron chi connectivity index (χ2n) is 3.71.